The molecule has 0 aliphatic heterocycles. The summed E-state index contributed by atoms with van der Waals surface area (Å²) >= 11 is 5.49. The van der Waals surface area contributed by atoms with E-state index in [1.807, 2.05) is 13.0 Å². The van der Waals surface area contributed by atoms with Crippen LogP contribution in [0.3, 0.4) is 0 Å². The van der Waals surface area contributed by atoms with Gasteiger partial charge < -0.3 is 4.57 Å². The molecule has 1 saturated carbocycles. The van der Waals surface area contributed by atoms with E-state index in [1.54, 1.807) is 11.5 Å². The average molecular weight is 254 g/mol. The first-order chi connectivity index (χ1) is 8.02. The predicted molar refractivity (Wildman–Crippen MR) is 67.9 cm³/mol. The molecule has 0 spiro atoms. The molecule has 0 saturated heterocycles. The fourth-order valence-electron chi connectivity index (χ4n) is 2.76. The Balaban J connectivity index is 2.62. The van der Waals surface area contributed by atoms with Crippen LogP contribution in [-0.2, 0) is 0 Å². The van der Waals surface area contributed by atoms with Crippen molar-refractivity contribution in [2.75, 3.05) is 0 Å². The van der Waals surface area contributed by atoms with Gasteiger partial charge in [-0.3, -0.25) is 9.59 Å². The number of pyridine rings is 1. The number of carbonyl (C=O) groups is 1. The van der Waals surface area contributed by atoms with Crippen LogP contribution in [0.5, 0.6) is 0 Å². The molecule has 1 heterocycles. The third-order valence-corrected chi connectivity index (χ3v) is 3.71. The summed E-state index contributed by atoms with van der Waals surface area (Å²) in [6, 6.07) is 2.10. The van der Waals surface area contributed by atoms with Crippen molar-refractivity contribution in [3.8, 4) is 0 Å². The Kier molecular flexibility index (Phi) is 3.38. The van der Waals surface area contributed by atoms with Gasteiger partial charge in [0.2, 0.25) is 0 Å². The smallest absolute Gasteiger partial charge is 0.263 e. The molecule has 0 atom stereocenters. The summed E-state index contributed by atoms with van der Waals surface area (Å²) in [4.78, 5) is 23.6. The normalized spacial score (nSPS) is 16.4. The van der Waals surface area contributed by atoms with Gasteiger partial charge in [0, 0.05) is 11.7 Å². The van der Waals surface area contributed by atoms with Crippen LogP contribution in [0.25, 0.3) is 0 Å². The molecule has 0 radical (unpaired) electrons. The fourth-order valence-corrected chi connectivity index (χ4v) is 2.99. The van der Waals surface area contributed by atoms with Crippen molar-refractivity contribution in [1.82, 2.24) is 4.57 Å². The Bertz CT molecular complexity index is 513. The highest BCUT2D eigenvalue weighted by molar-refractivity contribution is 6.67. The zero-order chi connectivity index (χ0) is 12.6. The molecule has 92 valence electrons. The van der Waals surface area contributed by atoms with Gasteiger partial charge in [0.05, 0.1) is 0 Å². The highest BCUT2D eigenvalue weighted by atomic mass is 35.5. The zero-order valence-electron chi connectivity index (χ0n) is 10.1. The summed E-state index contributed by atoms with van der Waals surface area (Å²) in [5.74, 6) is 0. The van der Waals surface area contributed by atoms with Crippen LogP contribution in [0.2, 0.25) is 0 Å². The number of rotatable bonds is 2. The molecule has 0 amide bonds. The van der Waals surface area contributed by atoms with E-state index >= 15 is 0 Å². The summed E-state index contributed by atoms with van der Waals surface area (Å²) in [5.41, 5.74) is 1.49. The molecule has 0 aromatic carbocycles. The van der Waals surface area contributed by atoms with Gasteiger partial charge in [0.15, 0.2) is 0 Å². The summed E-state index contributed by atoms with van der Waals surface area (Å²) in [6.07, 6.45) is 4.32. The van der Waals surface area contributed by atoms with E-state index in [0.29, 0.717) is 5.56 Å². The number of aromatic nitrogens is 1. The standard InChI is InChI=1S/C13H16ClNO2/c1-8-7-9(2)15(10-5-3-4-6-10)13(17)11(8)12(14)16/h7,10H,3-6H2,1-2H3. The molecule has 1 aromatic heterocycles. The van der Waals surface area contributed by atoms with Gasteiger partial charge in [-0.25, -0.2) is 0 Å². The van der Waals surface area contributed by atoms with Crippen LogP contribution in [0.15, 0.2) is 10.9 Å². The fraction of sp³-hybridized carbons (Fsp3) is 0.538. The maximum atomic E-state index is 12.3. The van der Waals surface area contributed by atoms with Crippen LogP contribution >= 0.6 is 11.6 Å². The van der Waals surface area contributed by atoms with Crippen molar-refractivity contribution in [1.29, 1.82) is 0 Å². The van der Waals surface area contributed by atoms with E-state index in [9.17, 15) is 9.59 Å². The number of halogens is 1. The molecule has 3 nitrogen and oxygen atoms in total. The SMILES string of the molecule is Cc1cc(C)n(C2CCCC2)c(=O)c1C(=O)Cl. The number of hydrogen-bond acceptors (Lipinski definition) is 2. The van der Waals surface area contributed by atoms with Gasteiger partial charge in [-0.2, -0.15) is 0 Å². The van der Waals surface area contributed by atoms with Gasteiger partial charge in [0.1, 0.15) is 5.56 Å². The first-order valence-electron chi connectivity index (χ1n) is 5.95. The van der Waals surface area contributed by atoms with Crippen LogP contribution in [0.1, 0.15) is 53.3 Å². The molecular weight excluding hydrogens is 238 g/mol. The van der Waals surface area contributed by atoms with Gasteiger partial charge in [-0.15, -0.1) is 0 Å². The van der Waals surface area contributed by atoms with E-state index < -0.39 is 5.24 Å². The lowest BCUT2D eigenvalue weighted by Crippen LogP contribution is -2.30. The molecule has 4 heteroatoms. The second-order valence-electron chi connectivity index (χ2n) is 4.73. The minimum Gasteiger partial charge on any atom is -0.309 e. The Labute approximate surface area is 105 Å². The van der Waals surface area contributed by atoms with E-state index in [0.717, 1.165) is 31.4 Å². The van der Waals surface area contributed by atoms with Gasteiger partial charge >= 0.3 is 0 Å². The van der Waals surface area contributed by atoms with Gasteiger partial charge in [0.25, 0.3) is 10.8 Å². The minimum atomic E-state index is -0.653. The number of carbonyl (C=O) groups excluding carboxylic acids is 1. The average Bonchev–Trinajstić information content (AvgIpc) is 2.69. The third kappa shape index (κ3) is 2.16. The predicted octanol–water partition coefficient (Wildman–Crippen LogP) is 2.96. The lowest BCUT2D eigenvalue weighted by atomic mass is 10.1. The van der Waals surface area contributed by atoms with Crippen LogP contribution < -0.4 is 5.56 Å². The monoisotopic (exact) mass is 253 g/mol. The van der Waals surface area contributed by atoms with E-state index in [4.69, 9.17) is 11.6 Å². The summed E-state index contributed by atoms with van der Waals surface area (Å²) in [5, 5.41) is -0.653. The molecule has 2 rings (SSSR count). The molecule has 0 bridgehead atoms. The van der Waals surface area contributed by atoms with Crippen LogP contribution in [0, 0.1) is 13.8 Å². The number of hydrogen-bond donors (Lipinski definition) is 0. The quantitative estimate of drug-likeness (QED) is 0.760. The molecule has 17 heavy (non-hydrogen) atoms. The number of aryl methyl sites for hydroxylation is 2. The van der Waals surface area contributed by atoms with E-state index in [-0.39, 0.29) is 17.2 Å². The van der Waals surface area contributed by atoms with Crippen molar-refractivity contribution >= 4 is 16.8 Å². The maximum absolute atomic E-state index is 12.3. The maximum Gasteiger partial charge on any atom is 0.263 e. The zero-order valence-corrected chi connectivity index (χ0v) is 10.9. The molecule has 1 aliphatic rings. The van der Waals surface area contributed by atoms with Crippen LogP contribution in [-0.4, -0.2) is 9.81 Å². The highest BCUT2D eigenvalue weighted by Gasteiger charge is 2.23. The molecule has 1 aliphatic carbocycles. The van der Waals surface area contributed by atoms with Crippen molar-refractivity contribution < 1.29 is 4.79 Å². The Morgan fingerprint density at radius 2 is 1.94 bits per heavy atom. The Morgan fingerprint density at radius 1 is 1.35 bits per heavy atom. The lowest BCUT2D eigenvalue weighted by molar-refractivity contribution is 0.107. The van der Waals surface area contributed by atoms with Crippen molar-refractivity contribution in [2.24, 2.45) is 0 Å². The largest absolute Gasteiger partial charge is 0.309 e. The van der Waals surface area contributed by atoms with E-state index in [2.05, 4.69) is 0 Å². The van der Waals surface area contributed by atoms with Crippen molar-refractivity contribution in [2.45, 2.75) is 45.6 Å². The third-order valence-electron chi connectivity index (χ3n) is 3.52. The van der Waals surface area contributed by atoms with Gasteiger partial charge in [-0.05, 0) is 49.9 Å². The molecule has 0 unspecified atom stereocenters. The first-order valence-corrected chi connectivity index (χ1v) is 6.32. The summed E-state index contributed by atoms with van der Waals surface area (Å²) in [6.45, 7) is 3.66. The second kappa shape index (κ2) is 4.65. The van der Waals surface area contributed by atoms with Crippen molar-refractivity contribution in [3.05, 3.63) is 33.2 Å². The summed E-state index contributed by atoms with van der Waals surface area (Å²) < 4.78 is 1.75. The lowest BCUT2D eigenvalue weighted by Gasteiger charge is -2.18. The molecular formula is C13H16ClNO2. The highest BCUT2D eigenvalue weighted by Crippen LogP contribution is 2.29. The van der Waals surface area contributed by atoms with E-state index in [1.165, 1.54) is 0 Å². The molecule has 1 fully saturated rings. The number of nitrogens with zero attached hydrogens (tertiary/aromatic N) is 1. The summed E-state index contributed by atoms with van der Waals surface area (Å²) in [7, 11) is 0. The Morgan fingerprint density at radius 3 is 2.47 bits per heavy atom. The van der Waals surface area contributed by atoms with Gasteiger partial charge in [-0.1, -0.05) is 12.8 Å². The van der Waals surface area contributed by atoms with Crippen molar-refractivity contribution in [3.63, 3.8) is 0 Å². The Hall–Kier alpha value is -1.09. The first kappa shape index (κ1) is 12.4. The topological polar surface area (TPSA) is 39.1 Å². The van der Waals surface area contributed by atoms with Crippen LogP contribution in [0.4, 0.5) is 0 Å². The minimum absolute atomic E-state index is 0.129. The second-order valence-corrected chi connectivity index (χ2v) is 5.07. The molecule has 0 N–H and O–H groups in total. The molecule has 1 aromatic rings.